The molecule has 2 heterocycles. The van der Waals surface area contributed by atoms with Gasteiger partial charge < -0.3 is 15.4 Å². The van der Waals surface area contributed by atoms with Gasteiger partial charge in [0.1, 0.15) is 11.9 Å². The lowest BCUT2D eigenvalue weighted by Gasteiger charge is -2.24. The van der Waals surface area contributed by atoms with Crippen LogP contribution in [0.2, 0.25) is 0 Å². The van der Waals surface area contributed by atoms with Gasteiger partial charge in [-0.05, 0) is 31.0 Å². The van der Waals surface area contributed by atoms with Crippen LogP contribution in [0.5, 0.6) is 5.75 Å². The van der Waals surface area contributed by atoms with E-state index in [9.17, 15) is 0 Å². The number of piperidine rings is 1. The molecule has 1 aromatic carbocycles. The average Bonchev–Trinajstić information content (AvgIpc) is 2.82. The van der Waals surface area contributed by atoms with Gasteiger partial charge in [-0.3, -0.25) is 0 Å². The quantitative estimate of drug-likeness (QED) is 0.848. The summed E-state index contributed by atoms with van der Waals surface area (Å²) < 4.78 is 5.91. The van der Waals surface area contributed by atoms with Gasteiger partial charge in [0.25, 0.3) is 0 Å². The van der Waals surface area contributed by atoms with Crippen molar-refractivity contribution in [3.8, 4) is 5.75 Å². The van der Waals surface area contributed by atoms with Crippen molar-refractivity contribution in [3.63, 3.8) is 0 Å². The Kier molecular flexibility index (Phi) is 3.81. The first-order valence-corrected chi connectivity index (χ1v) is 7.10. The molecule has 3 rings (SSSR count). The van der Waals surface area contributed by atoms with Gasteiger partial charge in [0.2, 0.25) is 0 Å². The van der Waals surface area contributed by atoms with Gasteiger partial charge in [-0.1, -0.05) is 24.6 Å². The van der Waals surface area contributed by atoms with Crippen LogP contribution < -0.4 is 15.4 Å². The zero-order valence-electron chi connectivity index (χ0n) is 10.8. The molecule has 0 amide bonds. The molecule has 1 aromatic rings. The summed E-state index contributed by atoms with van der Waals surface area (Å²) in [6, 6.07) is 9.02. The van der Waals surface area contributed by atoms with Crippen molar-refractivity contribution >= 4 is 0 Å². The lowest BCUT2D eigenvalue weighted by atomic mass is 10.0. The molecule has 0 spiro atoms. The highest BCUT2D eigenvalue weighted by atomic mass is 16.5. The van der Waals surface area contributed by atoms with Crippen LogP contribution in [0.15, 0.2) is 24.3 Å². The fourth-order valence-electron chi connectivity index (χ4n) is 2.88. The van der Waals surface area contributed by atoms with Gasteiger partial charge in [0.15, 0.2) is 0 Å². The average molecular weight is 246 g/mol. The van der Waals surface area contributed by atoms with Crippen LogP contribution in [0.4, 0.5) is 0 Å². The van der Waals surface area contributed by atoms with Crippen molar-refractivity contribution in [1.29, 1.82) is 0 Å². The van der Waals surface area contributed by atoms with Crippen LogP contribution in [0.3, 0.4) is 0 Å². The molecule has 2 N–H and O–H groups in total. The summed E-state index contributed by atoms with van der Waals surface area (Å²) in [4.78, 5) is 0. The van der Waals surface area contributed by atoms with Gasteiger partial charge in [-0.2, -0.15) is 0 Å². The lowest BCUT2D eigenvalue weighted by Crippen LogP contribution is -2.44. The number of hydrogen-bond acceptors (Lipinski definition) is 3. The molecule has 2 aliphatic heterocycles. The summed E-state index contributed by atoms with van der Waals surface area (Å²) in [5.74, 6) is 1.07. The van der Waals surface area contributed by atoms with E-state index in [0.717, 1.165) is 25.3 Å². The molecule has 2 unspecified atom stereocenters. The smallest absolute Gasteiger partial charge is 0.123 e. The Bertz CT molecular complexity index is 363. The Morgan fingerprint density at radius 3 is 3.00 bits per heavy atom. The highest BCUT2D eigenvalue weighted by Crippen LogP contribution is 2.27. The molecule has 0 aromatic heterocycles. The third-order valence-electron chi connectivity index (χ3n) is 3.89. The number of hydrogen-bond donors (Lipinski definition) is 2. The molecule has 0 aliphatic carbocycles. The first kappa shape index (κ1) is 12.0. The first-order chi connectivity index (χ1) is 8.92. The summed E-state index contributed by atoms with van der Waals surface area (Å²) in [6.45, 7) is 3.20. The molecule has 3 heteroatoms. The molecule has 1 fully saturated rings. The van der Waals surface area contributed by atoms with E-state index < -0.39 is 0 Å². The van der Waals surface area contributed by atoms with Crippen LogP contribution >= 0.6 is 0 Å². The van der Waals surface area contributed by atoms with Crippen LogP contribution in [0.1, 0.15) is 24.8 Å². The highest BCUT2D eigenvalue weighted by molar-refractivity contribution is 5.37. The second kappa shape index (κ2) is 5.72. The van der Waals surface area contributed by atoms with E-state index in [-0.39, 0.29) is 0 Å². The van der Waals surface area contributed by atoms with Gasteiger partial charge in [0, 0.05) is 25.6 Å². The maximum Gasteiger partial charge on any atom is 0.123 e. The van der Waals surface area contributed by atoms with Crippen LogP contribution in [-0.2, 0) is 6.42 Å². The van der Waals surface area contributed by atoms with Crippen molar-refractivity contribution < 1.29 is 4.74 Å². The minimum atomic E-state index is 0.311. The van der Waals surface area contributed by atoms with E-state index in [4.69, 9.17) is 4.74 Å². The van der Waals surface area contributed by atoms with E-state index in [1.165, 1.54) is 31.4 Å². The van der Waals surface area contributed by atoms with Crippen molar-refractivity contribution in [2.75, 3.05) is 19.6 Å². The van der Waals surface area contributed by atoms with E-state index in [1.807, 2.05) is 6.07 Å². The Morgan fingerprint density at radius 1 is 1.22 bits per heavy atom. The predicted molar refractivity (Wildman–Crippen MR) is 73.1 cm³/mol. The lowest BCUT2D eigenvalue weighted by molar-refractivity contribution is 0.224. The number of ether oxygens (including phenoxy) is 1. The molecular weight excluding hydrogens is 224 g/mol. The van der Waals surface area contributed by atoms with Crippen LogP contribution in [-0.4, -0.2) is 31.8 Å². The fourth-order valence-corrected chi connectivity index (χ4v) is 2.88. The Balaban J connectivity index is 1.40. The topological polar surface area (TPSA) is 33.3 Å². The standard InChI is InChI=1S/C15H22N2O/c1-2-7-15-12(5-1)9-14(18-15)11-16-10-13-6-3-4-8-17-13/h1-2,5,7,13-14,16-17H,3-4,6,8-11H2. The number of fused-ring (bicyclic) bond motifs is 1. The zero-order chi connectivity index (χ0) is 12.2. The molecule has 2 aliphatic rings. The molecule has 1 saturated heterocycles. The molecule has 18 heavy (non-hydrogen) atoms. The van der Waals surface area contributed by atoms with Gasteiger partial charge >= 0.3 is 0 Å². The van der Waals surface area contributed by atoms with E-state index in [1.54, 1.807) is 0 Å². The highest BCUT2D eigenvalue weighted by Gasteiger charge is 2.22. The van der Waals surface area contributed by atoms with Crippen molar-refractivity contribution in [2.24, 2.45) is 0 Å². The van der Waals surface area contributed by atoms with E-state index in [0.29, 0.717) is 12.1 Å². The van der Waals surface area contributed by atoms with Crippen molar-refractivity contribution in [1.82, 2.24) is 10.6 Å². The third kappa shape index (κ3) is 2.85. The number of nitrogens with one attached hydrogen (secondary N) is 2. The predicted octanol–water partition coefficient (Wildman–Crippen LogP) is 1.72. The molecule has 2 atom stereocenters. The fraction of sp³-hybridized carbons (Fsp3) is 0.600. The summed E-state index contributed by atoms with van der Waals surface area (Å²) >= 11 is 0. The number of para-hydroxylation sites is 1. The second-order valence-corrected chi connectivity index (χ2v) is 5.36. The van der Waals surface area contributed by atoms with E-state index >= 15 is 0 Å². The second-order valence-electron chi connectivity index (χ2n) is 5.36. The number of rotatable bonds is 4. The maximum absolute atomic E-state index is 5.91. The van der Waals surface area contributed by atoms with Gasteiger partial charge in [-0.25, -0.2) is 0 Å². The minimum absolute atomic E-state index is 0.311. The molecule has 3 nitrogen and oxygen atoms in total. The van der Waals surface area contributed by atoms with Crippen molar-refractivity contribution in [2.45, 2.75) is 37.8 Å². The normalized spacial score (nSPS) is 26.7. The molecule has 98 valence electrons. The number of benzene rings is 1. The molecule has 0 bridgehead atoms. The van der Waals surface area contributed by atoms with Crippen LogP contribution in [0, 0.1) is 0 Å². The van der Waals surface area contributed by atoms with Gasteiger partial charge in [-0.15, -0.1) is 0 Å². The molecular formula is C15H22N2O. The largest absolute Gasteiger partial charge is 0.488 e. The Morgan fingerprint density at radius 2 is 2.17 bits per heavy atom. The SMILES string of the molecule is c1ccc2c(c1)CC(CNCC1CCCCN1)O2. The molecule has 0 saturated carbocycles. The Hall–Kier alpha value is -1.06. The summed E-state index contributed by atoms with van der Waals surface area (Å²) in [5.41, 5.74) is 1.35. The van der Waals surface area contributed by atoms with Gasteiger partial charge in [0.05, 0.1) is 0 Å². The summed E-state index contributed by atoms with van der Waals surface area (Å²) in [6.07, 6.45) is 5.36. The third-order valence-corrected chi connectivity index (χ3v) is 3.89. The first-order valence-electron chi connectivity index (χ1n) is 7.10. The Labute approximate surface area is 109 Å². The van der Waals surface area contributed by atoms with Crippen molar-refractivity contribution in [3.05, 3.63) is 29.8 Å². The summed E-state index contributed by atoms with van der Waals surface area (Å²) in [5, 5.41) is 7.10. The molecule has 0 radical (unpaired) electrons. The van der Waals surface area contributed by atoms with E-state index in [2.05, 4.69) is 28.8 Å². The van der Waals surface area contributed by atoms with Crippen LogP contribution in [0.25, 0.3) is 0 Å². The summed E-state index contributed by atoms with van der Waals surface area (Å²) in [7, 11) is 0. The maximum atomic E-state index is 5.91. The zero-order valence-corrected chi connectivity index (χ0v) is 10.8. The monoisotopic (exact) mass is 246 g/mol. The minimum Gasteiger partial charge on any atom is -0.488 e.